The largest absolute Gasteiger partial charge is 0.469 e. The van der Waals surface area contributed by atoms with Gasteiger partial charge in [-0.25, -0.2) is 4.68 Å². The summed E-state index contributed by atoms with van der Waals surface area (Å²) in [5, 5.41) is 7.15. The Labute approximate surface area is 74.5 Å². The van der Waals surface area contributed by atoms with Crippen LogP contribution in [-0.4, -0.2) is 34.4 Å². The highest BCUT2D eigenvalue weighted by molar-refractivity contribution is 5.71. The molecule has 0 fully saturated rings. The minimum absolute atomic E-state index is 0.181. The van der Waals surface area contributed by atoms with Crippen LogP contribution >= 0.6 is 0 Å². The highest BCUT2D eigenvalue weighted by atomic mass is 16.5. The Bertz CT molecular complexity index is 308. The van der Waals surface area contributed by atoms with E-state index in [4.69, 9.17) is 0 Å². The van der Waals surface area contributed by atoms with E-state index in [2.05, 4.69) is 15.0 Å². The number of aldehydes is 1. The standard InChI is InChI=1S/C7H9N3O3/c1-13-7(12)2-3-10-6(5-11)4-8-9-10/h4-5H,2-3H2,1H3. The number of carbonyl (C=O) groups excluding carboxylic acids is 2. The molecule has 0 unspecified atom stereocenters. The smallest absolute Gasteiger partial charge is 0.307 e. The second-order valence-corrected chi connectivity index (χ2v) is 2.33. The summed E-state index contributed by atoms with van der Waals surface area (Å²) in [6, 6.07) is 0. The SMILES string of the molecule is COC(=O)CCn1nncc1C=O. The van der Waals surface area contributed by atoms with Gasteiger partial charge >= 0.3 is 5.97 Å². The molecule has 13 heavy (non-hydrogen) atoms. The molecule has 70 valence electrons. The van der Waals surface area contributed by atoms with Crippen molar-refractivity contribution >= 4 is 12.3 Å². The number of aryl methyl sites for hydroxylation is 1. The molecule has 0 aliphatic carbocycles. The summed E-state index contributed by atoms with van der Waals surface area (Å²) in [7, 11) is 1.31. The van der Waals surface area contributed by atoms with Gasteiger partial charge in [-0.2, -0.15) is 0 Å². The van der Waals surface area contributed by atoms with E-state index in [0.29, 0.717) is 18.5 Å². The summed E-state index contributed by atoms with van der Waals surface area (Å²) in [5.74, 6) is -0.340. The molecule has 0 amide bonds. The maximum atomic E-state index is 10.7. The average Bonchev–Trinajstić information content (AvgIpc) is 2.61. The first-order valence-corrected chi connectivity index (χ1v) is 3.68. The fourth-order valence-corrected chi connectivity index (χ4v) is 0.830. The maximum Gasteiger partial charge on any atom is 0.307 e. The Kier molecular flexibility index (Phi) is 3.13. The van der Waals surface area contributed by atoms with Gasteiger partial charge in [0.2, 0.25) is 0 Å². The van der Waals surface area contributed by atoms with E-state index in [1.165, 1.54) is 18.0 Å². The van der Waals surface area contributed by atoms with Crippen LogP contribution < -0.4 is 0 Å². The van der Waals surface area contributed by atoms with Crippen molar-refractivity contribution in [2.45, 2.75) is 13.0 Å². The number of rotatable bonds is 4. The summed E-state index contributed by atoms with van der Waals surface area (Å²) in [6.45, 7) is 0.306. The van der Waals surface area contributed by atoms with E-state index < -0.39 is 0 Å². The van der Waals surface area contributed by atoms with E-state index in [-0.39, 0.29) is 12.4 Å². The predicted octanol–water partition coefficient (Wildman–Crippen LogP) is -0.346. The van der Waals surface area contributed by atoms with Gasteiger partial charge in [0.1, 0.15) is 5.69 Å². The van der Waals surface area contributed by atoms with Gasteiger partial charge in [-0.05, 0) is 0 Å². The van der Waals surface area contributed by atoms with Crippen LogP contribution in [0.4, 0.5) is 0 Å². The molecule has 0 N–H and O–H groups in total. The van der Waals surface area contributed by atoms with Crippen LogP contribution in [0.15, 0.2) is 6.20 Å². The summed E-state index contributed by atoms with van der Waals surface area (Å²) < 4.78 is 5.78. The zero-order valence-electron chi connectivity index (χ0n) is 7.14. The van der Waals surface area contributed by atoms with Crippen molar-refractivity contribution in [1.29, 1.82) is 0 Å². The van der Waals surface area contributed by atoms with Gasteiger partial charge < -0.3 is 4.74 Å². The first kappa shape index (κ1) is 9.37. The summed E-state index contributed by atoms with van der Waals surface area (Å²) >= 11 is 0. The molecule has 0 atom stereocenters. The average molecular weight is 183 g/mol. The Balaban J connectivity index is 2.53. The first-order valence-electron chi connectivity index (χ1n) is 3.68. The number of esters is 1. The molecule has 1 heterocycles. The van der Waals surface area contributed by atoms with Gasteiger partial charge in [-0.3, -0.25) is 9.59 Å². The van der Waals surface area contributed by atoms with Crippen LogP contribution in [0, 0.1) is 0 Å². The molecule has 0 radical (unpaired) electrons. The topological polar surface area (TPSA) is 74.1 Å². The molecule has 1 rings (SSSR count). The predicted molar refractivity (Wildman–Crippen MR) is 42.0 cm³/mol. The monoisotopic (exact) mass is 183 g/mol. The van der Waals surface area contributed by atoms with Crippen LogP contribution in [0.3, 0.4) is 0 Å². The van der Waals surface area contributed by atoms with Crippen LogP contribution in [0.25, 0.3) is 0 Å². The molecule has 0 spiro atoms. The third-order valence-corrected chi connectivity index (χ3v) is 1.52. The van der Waals surface area contributed by atoms with Crippen LogP contribution in [0.1, 0.15) is 16.9 Å². The number of hydrogen-bond donors (Lipinski definition) is 0. The fraction of sp³-hybridized carbons (Fsp3) is 0.429. The van der Waals surface area contributed by atoms with E-state index in [0.717, 1.165) is 0 Å². The highest BCUT2D eigenvalue weighted by Crippen LogP contribution is 1.95. The number of aromatic nitrogens is 3. The lowest BCUT2D eigenvalue weighted by atomic mass is 10.4. The lowest BCUT2D eigenvalue weighted by Gasteiger charge is -2.00. The Hall–Kier alpha value is -1.72. The van der Waals surface area contributed by atoms with Crippen LogP contribution in [0.2, 0.25) is 0 Å². The van der Waals surface area contributed by atoms with Gasteiger partial charge in [0.25, 0.3) is 0 Å². The van der Waals surface area contributed by atoms with Gasteiger partial charge in [0.05, 0.1) is 26.3 Å². The summed E-state index contributed by atoms with van der Waals surface area (Å²) in [6.07, 6.45) is 2.16. The molecule has 6 heteroatoms. The lowest BCUT2D eigenvalue weighted by molar-refractivity contribution is -0.140. The van der Waals surface area contributed by atoms with Gasteiger partial charge in [-0.1, -0.05) is 5.21 Å². The fourth-order valence-electron chi connectivity index (χ4n) is 0.830. The molecule has 0 aromatic carbocycles. The number of methoxy groups -OCH3 is 1. The molecule has 0 saturated heterocycles. The Morgan fingerprint density at radius 3 is 3.15 bits per heavy atom. The molecule has 0 aliphatic heterocycles. The van der Waals surface area contributed by atoms with Crippen molar-refractivity contribution in [2.24, 2.45) is 0 Å². The molecule has 0 bridgehead atoms. The zero-order chi connectivity index (χ0) is 9.68. The molecular weight excluding hydrogens is 174 g/mol. The maximum absolute atomic E-state index is 10.7. The molecular formula is C7H9N3O3. The quantitative estimate of drug-likeness (QED) is 0.471. The molecule has 1 aromatic heterocycles. The summed E-state index contributed by atoms with van der Waals surface area (Å²) in [5.41, 5.74) is 0.351. The lowest BCUT2D eigenvalue weighted by Crippen LogP contribution is -2.10. The second-order valence-electron chi connectivity index (χ2n) is 2.33. The van der Waals surface area contributed by atoms with Crippen molar-refractivity contribution in [2.75, 3.05) is 7.11 Å². The highest BCUT2D eigenvalue weighted by Gasteiger charge is 2.05. The van der Waals surface area contributed by atoms with Crippen LogP contribution in [-0.2, 0) is 16.1 Å². The Morgan fingerprint density at radius 1 is 1.77 bits per heavy atom. The molecule has 0 aliphatic rings. The third-order valence-electron chi connectivity index (χ3n) is 1.52. The van der Waals surface area contributed by atoms with E-state index in [1.54, 1.807) is 0 Å². The first-order chi connectivity index (χ1) is 6.27. The van der Waals surface area contributed by atoms with Crippen molar-refractivity contribution in [3.8, 4) is 0 Å². The minimum atomic E-state index is -0.340. The summed E-state index contributed by atoms with van der Waals surface area (Å²) in [4.78, 5) is 21.1. The normalized spacial score (nSPS) is 9.62. The van der Waals surface area contributed by atoms with Gasteiger partial charge in [0.15, 0.2) is 6.29 Å². The van der Waals surface area contributed by atoms with Crippen LogP contribution in [0.5, 0.6) is 0 Å². The minimum Gasteiger partial charge on any atom is -0.469 e. The van der Waals surface area contributed by atoms with E-state index in [1.807, 2.05) is 0 Å². The molecule has 6 nitrogen and oxygen atoms in total. The zero-order valence-corrected chi connectivity index (χ0v) is 7.14. The van der Waals surface area contributed by atoms with Gasteiger partial charge in [0, 0.05) is 0 Å². The number of nitrogens with zero attached hydrogens (tertiary/aromatic N) is 3. The number of ether oxygens (including phenoxy) is 1. The molecule has 0 saturated carbocycles. The van der Waals surface area contributed by atoms with Crippen molar-refractivity contribution in [3.63, 3.8) is 0 Å². The van der Waals surface area contributed by atoms with E-state index >= 15 is 0 Å². The second kappa shape index (κ2) is 4.34. The van der Waals surface area contributed by atoms with Gasteiger partial charge in [-0.15, -0.1) is 5.10 Å². The third kappa shape index (κ3) is 2.36. The Morgan fingerprint density at radius 2 is 2.54 bits per heavy atom. The number of hydrogen-bond acceptors (Lipinski definition) is 5. The van der Waals surface area contributed by atoms with Crippen molar-refractivity contribution in [1.82, 2.24) is 15.0 Å². The molecule has 1 aromatic rings. The number of carbonyl (C=O) groups is 2. The van der Waals surface area contributed by atoms with Crippen molar-refractivity contribution < 1.29 is 14.3 Å². The van der Waals surface area contributed by atoms with Crippen molar-refractivity contribution in [3.05, 3.63) is 11.9 Å². The van der Waals surface area contributed by atoms with E-state index in [9.17, 15) is 9.59 Å².